The van der Waals surface area contributed by atoms with Crippen LogP contribution in [0.15, 0.2) is 0 Å². The van der Waals surface area contributed by atoms with Gasteiger partial charge in [-0.05, 0) is 0 Å². The van der Waals surface area contributed by atoms with Gasteiger partial charge in [-0.2, -0.15) is 0 Å². The number of amides is 2. The minimum atomic E-state index is -3.43. The molecule has 30 N–H and O–H groups in total. The van der Waals surface area contributed by atoms with E-state index in [0.29, 0.717) is 4.90 Å². The molecule has 50 nitrogen and oxygen atoms in total. The molecule has 0 saturated carbocycles. The SMILES string of the molecule is CC.O=C(O)C1OC(COCC2C(C(=O)N3CCNC(=O)C3(O)C(O)C(COCC3OC(CO)C(O)C(O)C3O)C(O)CO)OC(COCC3C(C(=O)O)OC(O)C(O)C3O)C(O)C2O)C(O)C(O)C1O.O=C(O)C1OC(COCC2C(C(=O)O)OC(COCC3C(C(=O)O)OC(O)C(O)C3O)C(O)C2O)C(O)C(O)C1O. The van der Waals surface area contributed by atoms with Crippen LogP contribution in [0.2, 0.25) is 0 Å². The predicted molar refractivity (Wildman–Crippen MR) is 344 cm³/mol. The van der Waals surface area contributed by atoms with E-state index in [1.807, 2.05) is 13.8 Å². The summed E-state index contributed by atoms with van der Waals surface area (Å²) in [6, 6.07) is 0. The lowest BCUT2D eigenvalue weighted by Gasteiger charge is -2.50. The first-order chi connectivity index (χ1) is 52.6. The average Bonchev–Trinajstić information content (AvgIpc) is 0.742. The highest BCUT2D eigenvalue weighted by atomic mass is 16.7. The largest absolute Gasteiger partial charge is 0.479 e. The minimum absolute atomic E-state index is 0.355. The molecule has 8 rings (SSSR count). The molecule has 8 aliphatic heterocycles. The molecule has 8 saturated heterocycles. The van der Waals surface area contributed by atoms with Crippen molar-refractivity contribution in [1.82, 2.24) is 10.2 Å². The number of aliphatic carboxylic acids is 5. The maximum absolute atomic E-state index is 14.8. The molecular formula is C62H102N2O48. The number of aliphatic hydroxyl groups excluding tert-OH is 23. The van der Waals surface area contributed by atoms with Crippen molar-refractivity contribution in [3.05, 3.63) is 0 Å². The van der Waals surface area contributed by atoms with Crippen LogP contribution >= 0.6 is 0 Å². The van der Waals surface area contributed by atoms with Gasteiger partial charge < -0.3 is 215 Å². The number of nitrogens with zero attached hydrogens (tertiary/aromatic N) is 1. The van der Waals surface area contributed by atoms with Crippen molar-refractivity contribution in [2.45, 2.75) is 221 Å². The van der Waals surface area contributed by atoms with E-state index < -0.39 is 371 Å². The Morgan fingerprint density at radius 2 is 0.688 bits per heavy atom. The van der Waals surface area contributed by atoms with E-state index in [1.54, 1.807) is 0 Å². The summed E-state index contributed by atoms with van der Waals surface area (Å²) >= 11 is 0. The molecule has 8 aliphatic rings. The third kappa shape index (κ3) is 21.6. The lowest BCUT2D eigenvalue weighted by molar-refractivity contribution is -0.276. The second kappa shape index (κ2) is 42.3. The van der Waals surface area contributed by atoms with E-state index in [9.17, 15) is 177 Å². The van der Waals surface area contributed by atoms with Gasteiger partial charge in [0.15, 0.2) is 43.1 Å². The summed E-state index contributed by atoms with van der Waals surface area (Å²) in [6.45, 7) is -6.45. The van der Waals surface area contributed by atoms with Gasteiger partial charge in [0.05, 0.1) is 110 Å². The molecule has 8 fully saturated rings. The average molecular weight is 1640 g/mol. The first kappa shape index (κ1) is 95.7. The van der Waals surface area contributed by atoms with Crippen LogP contribution < -0.4 is 5.32 Å². The van der Waals surface area contributed by atoms with Crippen molar-refractivity contribution in [3.63, 3.8) is 0 Å². The second-order valence-electron chi connectivity index (χ2n) is 27.4. The molecular weight excluding hydrogens is 1540 g/mol. The molecule has 8 heterocycles. The highest BCUT2D eigenvalue weighted by Gasteiger charge is 2.61. The van der Waals surface area contributed by atoms with Crippen molar-refractivity contribution in [1.29, 1.82) is 0 Å². The molecule has 39 atom stereocenters. The van der Waals surface area contributed by atoms with Gasteiger partial charge in [0.1, 0.15) is 128 Å². The smallest absolute Gasteiger partial charge is 0.335 e. The topological polar surface area (TPSA) is 832 Å². The third-order valence-electron chi connectivity index (χ3n) is 20.2. The Balaban J connectivity index is 0.000000387. The van der Waals surface area contributed by atoms with E-state index in [1.165, 1.54) is 0 Å². The Morgan fingerprint density at radius 1 is 0.393 bits per heavy atom. The van der Waals surface area contributed by atoms with Gasteiger partial charge in [-0.3, -0.25) is 9.59 Å². The van der Waals surface area contributed by atoms with Crippen LogP contribution in [-0.4, -0.2) is 495 Å². The summed E-state index contributed by atoms with van der Waals surface area (Å²) in [7, 11) is 0. The zero-order valence-electron chi connectivity index (χ0n) is 59.5. The lowest BCUT2D eigenvalue weighted by atomic mass is 9.83. The monoisotopic (exact) mass is 1640 g/mol. The summed E-state index contributed by atoms with van der Waals surface area (Å²) in [5, 5.41) is 299. The van der Waals surface area contributed by atoms with Crippen molar-refractivity contribution in [2.24, 2.45) is 29.6 Å². The summed E-state index contributed by atoms with van der Waals surface area (Å²) in [4.78, 5) is 86.8. The van der Waals surface area contributed by atoms with Crippen LogP contribution in [0.1, 0.15) is 13.8 Å². The standard InChI is InChI=1S/C38H62N2O29.C22H34O19.C2H6/c41-3-14(43)11(5-63-8-16-23(48)25(50)21(46)15(4-42)66-16)32(54)38(62)37(61)39-1-2-40(38)33(55)29-12(6-64-10-18-24(49)26(51)27(52)31(68-18)35(58)59)19(44)22(47)17(67-29)9-65-7-13-20(45)28(53)36(60)69-30(13)34(56)57;23-9-5(1-37-4-8-12(26)13(27)14(28)18(40-8)21(34)35)16(19(30)31)39-7(11(9)25)3-38-2-6-10(24)15(29)22(36)41-17(6)20(32)33;1-2/h11-32,36,41-54,60,62H,1-10H2,(H,39,61)(H,56,57)(H,58,59);5-18,22-29,36H,1-4H2,(H,30,31)(H,32,33)(H,34,35);1-2H3. The number of aliphatic hydroxyl groups is 24. The lowest BCUT2D eigenvalue weighted by Crippen LogP contribution is -2.75. The van der Waals surface area contributed by atoms with Crippen molar-refractivity contribution in [3.8, 4) is 0 Å². The molecule has 0 bridgehead atoms. The van der Waals surface area contributed by atoms with Crippen LogP contribution in [0.25, 0.3) is 0 Å². The molecule has 112 heavy (non-hydrogen) atoms. The van der Waals surface area contributed by atoms with Gasteiger partial charge in [-0.15, -0.1) is 0 Å². The first-order valence-electron chi connectivity index (χ1n) is 35.0. The summed E-state index contributed by atoms with van der Waals surface area (Å²) < 4.78 is 63.7. The van der Waals surface area contributed by atoms with Crippen molar-refractivity contribution < 1.29 is 238 Å². The fourth-order valence-electron chi connectivity index (χ4n) is 13.7. The minimum Gasteiger partial charge on any atom is -0.479 e. The van der Waals surface area contributed by atoms with Gasteiger partial charge in [0, 0.05) is 42.7 Å². The molecule has 50 heteroatoms. The molecule has 0 radical (unpaired) electrons. The molecule has 39 unspecified atom stereocenters. The highest BCUT2D eigenvalue weighted by Crippen LogP contribution is 2.37. The van der Waals surface area contributed by atoms with E-state index in [4.69, 9.17) is 61.9 Å². The van der Waals surface area contributed by atoms with Crippen LogP contribution in [-0.2, 0) is 90.4 Å². The summed E-state index contributed by atoms with van der Waals surface area (Å²) in [6.07, 6.45) is -62.0. The normalized spacial score (nSPS) is 43.3. The van der Waals surface area contributed by atoms with Gasteiger partial charge in [-0.25, -0.2) is 24.0 Å². The van der Waals surface area contributed by atoms with Gasteiger partial charge >= 0.3 is 29.8 Å². The number of rotatable bonds is 31. The van der Waals surface area contributed by atoms with Gasteiger partial charge in [0.2, 0.25) is 5.72 Å². The Hall–Kier alpha value is -5.15. The number of nitrogens with one attached hydrogen (secondary N) is 1. The second-order valence-corrected chi connectivity index (χ2v) is 27.4. The number of carbonyl (C=O) groups is 7. The fraction of sp³-hybridized carbons (Fsp3) is 0.887. The van der Waals surface area contributed by atoms with Crippen molar-refractivity contribution in [2.75, 3.05) is 92.4 Å². The Bertz CT molecular complexity index is 3010. The van der Waals surface area contributed by atoms with E-state index in [0.717, 1.165) is 0 Å². The number of carbonyl (C=O) groups excluding carboxylic acids is 2. The maximum atomic E-state index is 14.8. The highest BCUT2D eigenvalue weighted by molar-refractivity contribution is 5.93. The quantitative estimate of drug-likeness (QED) is 0.0306. The number of ether oxygens (including phenoxy) is 12. The molecule has 0 aromatic heterocycles. The predicted octanol–water partition coefficient (Wildman–Crippen LogP) is -18.7. The molecule has 0 aromatic carbocycles. The van der Waals surface area contributed by atoms with Gasteiger partial charge in [-0.1, -0.05) is 13.8 Å². The summed E-state index contributed by atoms with van der Waals surface area (Å²) in [5.74, 6) is -19.2. The maximum Gasteiger partial charge on any atom is 0.335 e. The number of piperazine rings is 1. The first-order valence-corrected chi connectivity index (χ1v) is 35.0. The Morgan fingerprint density at radius 3 is 1.04 bits per heavy atom. The van der Waals surface area contributed by atoms with E-state index in [-0.39, 0.29) is 0 Å². The van der Waals surface area contributed by atoms with Crippen molar-refractivity contribution >= 4 is 41.7 Å². The fourth-order valence-corrected chi connectivity index (χ4v) is 13.7. The number of hydrogen-bond acceptors (Lipinski definition) is 43. The van der Waals surface area contributed by atoms with Gasteiger partial charge in [0.25, 0.3) is 11.8 Å². The Kier molecular flexibility index (Phi) is 36.1. The van der Waals surface area contributed by atoms with E-state index in [2.05, 4.69) is 5.32 Å². The third-order valence-corrected chi connectivity index (χ3v) is 20.2. The van der Waals surface area contributed by atoms with Crippen LogP contribution in [0, 0.1) is 29.6 Å². The molecule has 0 aromatic rings. The number of hydrogen-bond donors (Lipinski definition) is 30. The summed E-state index contributed by atoms with van der Waals surface area (Å²) in [5.41, 5.74) is -3.43. The zero-order chi connectivity index (χ0) is 84.1. The van der Waals surface area contributed by atoms with Crippen LogP contribution in [0.3, 0.4) is 0 Å². The molecule has 648 valence electrons. The number of carboxylic acids is 5. The molecule has 0 aliphatic carbocycles. The Labute approximate surface area is 632 Å². The zero-order valence-corrected chi connectivity index (χ0v) is 59.5. The molecule has 2 amide bonds. The van der Waals surface area contributed by atoms with Crippen LogP contribution in [0.5, 0.6) is 0 Å². The number of carboxylic acid groups (broad SMARTS) is 5. The van der Waals surface area contributed by atoms with E-state index >= 15 is 0 Å². The molecule has 0 spiro atoms. The van der Waals surface area contributed by atoms with Crippen LogP contribution in [0.4, 0.5) is 0 Å².